The smallest absolute Gasteiger partial charge is 0.322 e. The lowest BCUT2D eigenvalue weighted by atomic mass is 10.1. The highest BCUT2D eigenvalue weighted by molar-refractivity contribution is 5.90. The molecule has 1 aromatic carbocycles. The fourth-order valence-corrected chi connectivity index (χ4v) is 2.86. The van der Waals surface area contributed by atoms with E-state index < -0.39 is 0 Å². The number of likely N-dealkylation sites (tertiary alicyclic amines) is 1. The molecule has 1 unspecified atom stereocenters. The number of urea groups is 1. The van der Waals surface area contributed by atoms with Crippen LogP contribution in [0.25, 0.3) is 0 Å². The number of amides is 2. The van der Waals surface area contributed by atoms with E-state index in [0.717, 1.165) is 48.5 Å². The number of para-hydroxylation sites is 1. The van der Waals surface area contributed by atoms with E-state index >= 15 is 0 Å². The molecule has 5 heteroatoms. The van der Waals surface area contributed by atoms with Crippen molar-refractivity contribution < 1.29 is 9.32 Å². The molecule has 5 nitrogen and oxygen atoms in total. The van der Waals surface area contributed by atoms with Gasteiger partial charge in [0.1, 0.15) is 0 Å². The Hall–Kier alpha value is -2.30. The van der Waals surface area contributed by atoms with Crippen LogP contribution in [0.15, 0.2) is 34.9 Å². The first-order valence-electron chi connectivity index (χ1n) is 7.77. The fourth-order valence-electron chi connectivity index (χ4n) is 2.86. The Morgan fingerprint density at radius 3 is 3.00 bits per heavy atom. The van der Waals surface area contributed by atoms with E-state index in [2.05, 4.69) is 10.5 Å². The maximum Gasteiger partial charge on any atom is 0.322 e. The third-order valence-corrected chi connectivity index (χ3v) is 4.17. The molecule has 1 aliphatic heterocycles. The maximum atomic E-state index is 12.6. The van der Waals surface area contributed by atoms with Gasteiger partial charge in [-0.05, 0) is 37.8 Å². The molecule has 1 saturated heterocycles. The third-order valence-electron chi connectivity index (χ3n) is 4.17. The molecule has 2 heterocycles. The van der Waals surface area contributed by atoms with Crippen LogP contribution < -0.4 is 5.32 Å². The summed E-state index contributed by atoms with van der Waals surface area (Å²) in [5, 5.41) is 7.04. The Kier molecular flexibility index (Phi) is 4.13. The summed E-state index contributed by atoms with van der Waals surface area (Å²) < 4.78 is 5.42. The van der Waals surface area contributed by atoms with Gasteiger partial charge in [-0.3, -0.25) is 0 Å². The lowest BCUT2D eigenvalue weighted by Crippen LogP contribution is -2.34. The van der Waals surface area contributed by atoms with Gasteiger partial charge >= 0.3 is 6.03 Å². The van der Waals surface area contributed by atoms with Crippen LogP contribution in [0.3, 0.4) is 0 Å². The first kappa shape index (κ1) is 14.6. The van der Waals surface area contributed by atoms with Gasteiger partial charge in [0, 0.05) is 18.3 Å². The zero-order valence-corrected chi connectivity index (χ0v) is 13.0. The van der Waals surface area contributed by atoms with Crippen LogP contribution in [0.2, 0.25) is 0 Å². The number of carbonyl (C=O) groups excluding carboxylic acids is 1. The van der Waals surface area contributed by atoms with Crippen LogP contribution in [-0.4, -0.2) is 22.6 Å². The molecule has 1 fully saturated rings. The minimum atomic E-state index is -0.0775. The lowest BCUT2D eigenvalue weighted by Gasteiger charge is -2.23. The minimum Gasteiger partial charge on any atom is -0.359 e. The standard InChI is InChI=1S/C17H21N3O2/c1-3-13-11-16(22-19-13)15-9-6-10-20(15)17(21)18-14-8-5-4-7-12(14)2/h4-5,7-8,11,15H,3,6,9-10H2,1-2H3,(H,18,21). The summed E-state index contributed by atoms with van der Waals surface area (Å²) in [6.07, 6.45) is 2.74. The summed E-state index contributed by atoms with van der Waals surface area (Å²) in [7, 11) is 0. The van der Waals surface area contributed by atoms with Crippen molar-refractivity contribution in [2.45, 2.75) is 39.2 Å². The second kappa shape index (κ2) is 6.22. The summed E-state index contributed by atoms with van der Waals surface area (Å²) in [6, 6.07) is 9.66. The molecule has 1 atom stereocenters. The van der Waals surface area contributed by atoms with Gasteiger partial charge in [-0.2, -0.15) is 0 Å². The number of nitrogens with zero attached hydrogens (tertiary/aromatic N) is 2. The van der Waals surface area contributed by atoms with E-state index in [9.17, 15) is 4.79 Å². The van der Waals surface area contributed by atoms with Crippen LogP contribution in [0.5, 0.6) is 0 Å². The number of hydrogen-bond acceptors (Lipinski definition) is 3. The highest BCUT2D eigenvalue weighted by Crippen LogP contribution is 2.33. The van der Waals surface area contributed by atoms with Gasteiger partial charge in [0.15, 0.2) is 5.76 Å². The second-order valence-corrected chi connectivity index (χ2v) is 5.67. The largest absolute Gasteiger partial charge is 0.359 e. The van der Waals surface area contributed by atoms with Gasteiger partial charge in [0.05, 0.1) is 11.7 Å². The van der Waals surface area contributed by atoms with Gasteiger partial charge in [-0.15, -0.1) is 0 Å². The Bertz CT molecular complexity index is 665. The van der Waals surface area contributed by atoms with Crippen molar-refractivity contribution >= 4 is 11.7 Å². The molecule has 2 amide bonds. The van der Waals surface area contributed by atoms with Crippen molar-refractivity contribution in [3.63, 3.8) is 0 Å². The maximum absolute atomic E-state index is 12.6. The number of carbonyl (C=O) groups is 1. The quantitative estimate of drug-likeness (QED) is 0.934. The van der Waals surface area contributed by atoms with Crippen molar-refractivity contribution in [2.24, 2.45) is 0 Å². The van der Waals surface area contributed by atoms with Crippen LogP contribution in [0, 0.1) is 6.92 Å². The van der Waals surface area contributed by atoms with Crippen molar-refractivity contribution in [2.75, 3.05) is 11.9 Å². The summed E-state index contributed by atoms with van der Waals surface area (Å²) in [5.74, 6) is 0.786. The van der Waals surface area contributed by atoms with E-state index in [4.69, 9.17) is 4.52 Å². The number of anilines is 1. The van der Waals surface area contributed by atoms with E-state index in [1.165, 1.54) is 0 Å². The van der Waals surface area contributed by atoms with Crippen LogP contribution in [-0.2, 0) is 6.42 Å². The first-order valence-corrected chi connectivity index (χ1v) is 7.77. The summed E-state index contributed by atoms with van der Waals surface area (Å²) in [6.45, 7) is 4.77. The molecule has 0 saturated carbocycles. The summed E-state index contributed by atoms with van der Waals surface area (Å²) in [4.78, 5) is 14.4. The first-order chi connectivity index (χ1) is 10.7. The van der Waals surface area contributed by atoms with E-state index in [1.807, 2.05) is 49.1 Å². The third kappa shape index (κ3) is 2.84. The topological polar surface area (TPSA) is 58.4 Å². The average Bonchev–Trinajstić information content (AvgIpc) is 3.17. The normalized spacial score (nSPS) is 17.7. The van der Waals surface area contributed by atoms with Crippen molar-refractivity contribution in [3.8, 4) is 0 Å². The molecule has 2 aromatic rings. The lowest BCUT2D eigenvalue weighted by molar-refractivity contribution is 0.195. The molecule has 1 N–H and O–H groups in total. The molecule has 0 spiro atoms. The summed E-state index contributed by atoms with van der Waals surface area (Å²) in [5.41, 5.74) is 2.84. The number of benzene rings is 1. The fraction of sp³-hybridized carbons (Fsp3) is 0.412. The van der Waals surface area contributed by atoms with Gasteiger partial charge in [0.2, 0.25) is 0 Å². The molecule has 22 heavy (non-hydrogen) atoms. The van der Waals surface area contributed by atoms with Crippen LogP contribution >= 0.6 is 0 Å². The van der Waals surface area contributed by atoms with Crippen LogP contribution in [0.4, 0.5) is 10.5 Å². The predicted octanol–water partition coefficient (Wildman–Crippen LogP) is 3.91. The molecule has 0 bridgehead atoms. The van der Waals surface area contributed by atoms with E-state index in [-0.39, 0.29) is 12.1 Å². The SMILES string of the molecule is CCc1cc(C2CCCN2C(=O)Nc2ccccc2C)on1. The number of aryl methyl sites for hydroxylation is 2. The highest BCUT2D eigenvalue weighted by Gasteiger charge is 2.32. The molecule has 0 aliphatic carbocycles. The minimum absolute atomic E-state index is 0.0168. The Balaban J connectivity index is 1.75. The summed E-state index contributed by atoms with van der Waals surface area (Å²) >= 11 is 0. The molecular formula is C17H21N3O2. The zero-order chi connectivity index (χ0) is 15.5. The van der Waals surface area contributed by atoms with E-state index in [0.29, 0.717) is 0 Å². The Labute approximate surface area is 130 Å². The molecular weight excluding hydrogens is 278 g/mol. The van der Waals surface area contributed by atoms with Crippen molar-refractivity contribution in [1.29, 1.82) is 0 Å². The van der Waals surface area contributed by atoms with Crippen molar-refractivity contribution in [3.05, 3.63) is 47.3 Å². The van der Waals surface area contributed by atoms with Crippen LogP contribution in [0.1, 0.15) is 42.8 Å². The molecule has 1 aliphatic rings. The molecule has 116 valence electrons. The van der Waals surface area contributed by atoms with Gasteiger partial charge < -0.3 is 14.7 Å². The number of aromatic nitrogens is 1. The van der Waals surface area contributed by atoms with E-state index in [1.54, 1.807) is 0 Å². The highest BCUT2D eigenvalue weighted by atomic mass is 16.5. The molecule has 0 radical (unpaired) electrons. The molecule has 3 rings (SSSR count). The Morgan fingerprint density at radius 1 is 1.45 bits per heavy atom. The van der Waals surface area contributed by atoms with Gasteiger partial charge in [-0.1, -0.05) is 30.3 Å². The molecule has 1 aromatic heterocycles. The zero-order valence-electron chi connectivity index (χ0n) is 13.0. The number of hydrogen-bond donors (Lipinski definition) is 1. The van der Waals surface area contributed by atoms with Gasteiger partial charge in [-0.25, -0.2) is 4.79 Å². The monoisotopic (exact) mass is 299 g/mol. The number of rotatable bonds is 3. The second-order valence-electron chi connectivity index (χ2n) is 5.67. The predicted molar refractivity (Wildman–Crippen MR) is 84.8 cm³/mol. The van der Waals surface area contributed by atoms with Crippen molar-refractivity contribution in [1.82, 2.24) is 10.1 Å². The number of nitrogens with one attached hydrogen (secondary N) is 1. The average molecular weight is 299 g/mol. The Morgan fingerprint density at radius 2 is 2.27 bits per heavy atom. The van der Waals surface area contributed by atoms with Gasteiger partial charge in [0.25, 0.3) is 0 Å².